The van der Waals surface area contributed by atoms with Gasteiger partial charge in [0.2, 0.25) is 0 Å². The van der Waals surface area contributed by atoms with Gasteiger partial charge in [-0.2, -0.15) is 0 Å². The number of ether oxygens (including phenoxy) is 1. The summed E-state index contributed by atoms with van der Waals surface area (Å²) in [6.45, 7) is 0.926. The Morgan fingerprint density at radius 2 is 2.04 bits per heavy atom. The first-order chi connectivity index (χ1) is 11.7. The molecule has 2 aromatic heterocycles. The molecule has 4 rings (SSSR count). The number of nitrogens with two attached hydrogens (primary N) is 1. The van der Waals surface area contributed by atoms with E-state index in [0.29, 0.717) is 12.0 Å². The highest BCUT2D eigenvalue weighted by Crippen LogP contribution is 2.36. The summed E-state index contributed by atoms with van der Waals surface area (Å²) in [6.07, 6.45) is 3.83. The van der Waals surface area contributed by atoms with Crippen LogP contribution >= 0.6 is 11.3 Å². The average molecular weight is 340 g/mol. The van der Waals surface area contributed by atoms with Gasteiger partial charge < -0.3 is 15.8 Å². The number of fused-ring (bicyclic) bond motifs is 1. The molecule has 124 valence electrons. The molecule has 1 saturated carbocycles. The number of aromatic nitrogens is 2. The molecule has 0 bridgehead atoms. The first-order valence-corrected chi connectivity index (χ1v) is 8.93. The summed E-state index contributed by atoms with van der Waals surface area (Å²) in [5.41, 5.74) is 8.00. The Morgan fingerprint density at radius 3 is 2.75 bits per heavy atom. The number of nitrogens with one attached hydrogen (secondary N) is 1. The summed E-state index contributed by atoms with van der Waals surface area (Å²) < 4.78 is 6.33. The van der Waals surface area contributed by atoms with Gasteiger partial charge >= 0.3 is 0 Å². The number of rotatable bonds is 5. The van der Waals surface area contributed by atoms with E-state index in [0.717, 1.165) is 46.7 Å². The molecule has 0 spiro atoms. The molecule has 0 atom stereocenters. The van der Waals surface area contributed by atoms with Crippen molar-refractivity contribution < 1.29 is 4.74 Å². The number of hydrogen-bond acceptors (Lipinski definition) is 6. The second-order valence-corrected chi connectivity index (χ2v) is 7.31. The van der Waals surface area contributed by atoms with E-state index in [1.54, 1.807) is 24.8 Å². The van der Waals surface area contributed by atoms with E-state index in [9.17, 15) is 0 Å². The van der Waals surface area contributed by atoms with Crippen LogP contribution in [-0.4, -0.2) is 29.7 Å². The molecule has 1 fully saturated rings. The number of nitrogens with zero attached hydrogens (tertiary/aromatic N) is 2. The van der Waals surface area contributed by atoms with Crippen molar-refractivity contribution in [2.45, 2.75) is 18.9 Å². The highest BCUT2D eigenvalue weighted by molar-refractivity contribution is 7.22. The minimum Gasteiger partial charge on any atom is -0.497 e. The lowest BCUT2D eigenvalue weighted by Crippen LogP contribution is -2.39. The van der Waals surface area contributed by atoms with Gasteiger partial charge in [-0.15, -0.1) is 11.3 Å². The van der Waals surface area contributed by atoms with E-state index < -0.39 is 0 Å². The first-order valence-electron chi connectivity index (χ1n) is 8.11. The summed E-state index contributed by atoms with van der Waals surface area (Å²) >= 11 is 1.72. The van der Waals surface area contributed by atoms with E-state index in [1.165, 1.54) is 4.88 Å². The van der Waals surface area contributed by atoms with Crippen molar-refractivity contribution in [1.29, 1.82) is 0 Å². The van der Waals surface area contributed by atoms with Crippen molar-refractivity contribution in [3.63, 3.8) is 0 Å². The average Bonchev–Trinajstić information content (AvgIpc) is 3.02. The van der Waals surface area contributed by atoms with Crippen molar-refractivity contribution in [1.82, 2.24) is 9.97 Å². The molecular formula is C18H20N4OS. The maximum Gasteiger partial charge on any atom is 0.147 e. The van der Waals surface area contributed by atoms with Crippen molar-refractivity contribution in [2.75, 3.05) is 19.0 Å². The zero-order chi connectivity index (χ0) is 16.5. The Balaban J connectivity index is 1.58. The standard InChI is InChI=1S/C18H20N4OS/c1-23-14-4-2-12(3-5-14)16-8-15-17(24-16)18(22-10-21-15)20-9-11-6-13(19)7-11/h2-5,8,10-11,13H,6-7,9,19H2,1H3,(H,20,21,22). The molecule has 24 heavy (non-hydrogen) atoms. The van der Waals surface area contributed by atoms with Crippen LogP contribution in [0, 0.1) is 5.92 Å². The SMILES string of the molecule is COc1ccc(-c2cc3ncnc(NCC4CC(N)C4)c3s2)cc1. The van der Waals surface area contributed by atoms with Crippen LogP contribution in [0.5, 0.6) is 5.75 Å². The third-order valence-corrected chi connectivity index (χ3v) is 5.70. The quantitative estimate of drug-likeness (QED) is 0.743. The number of anilines is 1. The monoisotopic (exact) mass is 340 g/mol. The van der Waals surface area contributed by atoms with Crippen LogP contribution in [0.3, 0.4) is 0 Å². The van der Waals surface area contributed by atoms with Gasteiger partial charge in [0.05, 0.1) is 17.3 Å². The number of methoxy groups -OCH3 is 1. The van der Waals surface area contributed by atoms with Gasteiger partial charge in [0, 0.05) is 17.5 Å². The third-order valence-electron chi connectivity index (χ3n) is 4.52. The first kappa shape index (κ1) is 15.4. The molecule has 0 amide bonds. The van der Waals surface area contributed by atoms with Gasteiger partial charge in [-0.05, 0) is 54.7 Å². The van der Waals surface area contributed by atoms with Crippen LogP contribution < -0.4 is 15.8 Å². The fourth-order valence-electron chi connectivity index (χ4n) is 3.07. The van der Waals surface area contributed by atoms with Gasteiger partial charge in [0.1, 0.15) is 17.9 Å². The predicted octanol–water partition coefficient (Wildman–Crippen LogP) is 3.52. The molecule has 1 aliphatic carbocycles. The minimum absolute atomic E-state index is 0.380. The fraction of sp³-hybridized carbons (Fsp3) is 0.333. The Kier molecular flexibility index (Phi) is 4.08. The van der Waals surface area contributed by atoms with E-state index in [-0.39, 0.29) is 0 Å². The summed E-state index contributed by atoms with van der Waals surface area (Å²) in [5, 5.41) is 3.48. The van der Waals surface area contributed by atoms with E-state index in [1.807, 2.05) is 12.1 Å². The van der Waals surface area contributed by atoms with Crippen LogP contribution in [0.1, 0.15) is 12.8 Å². The molecule has 0 aliphatic heterocycles. The second kappa shape index (κ2) is 6.37. The zero-order valence-electron chi connectivity index (χ0n) is 13.5. The van der Waals surface area contributed by atoms with E-state index in [4.69, 9.17) is 10.5 Å². The molecule has 5 nitrogen and oxygen atoms in total. The second-order valence-electron chi connectivity index (χ2n) is 6.25. The minimum atomic E-state index is 0.380. The zero-order valence-corrected chi connectivity index (χ0v) is 14.3. The van der Waals surface area contributed by atoms with Crippen LogP contribution in [0.25, 0.3) is 20.7 Å². The topological polar surface area (TPSA) is 73.1 Å². The van der Waals surface area contributed by atoms with Crippen molar-refractivity contribution in [2.24, 2.45) is 11.7 Å². The van der Waals surface area contributed by atoms with Gasteiger partial charge in [0.15, 0.2) is 0 Å². The summed E-state index contributed by atoms with van der Waals surface area (Å²) in [5.74, 6) is 2.44. The Hall–Kier alpha value is -2.18. The van der Waals surface area contributed by atoms with Crippen LogP contribution in [0.15, 0.2) is 36.7 Å². The van der Waals surface area contributed by atoms with Gasteiger partial charge in [-0.1, -0.05) is 0 Å². The van der Waals surface area contributed by atoms with Crippen LogP contribution in [0.4, 0.5) is 5.82 Å². The molecule has 0 radical (unpaired) electrons. The van der Waals surface area contributed by atoms with Gasteiger partial charge in [-0.3, -0.25) is 0 Å². The van der Waals surface area contributed by atoms with Crippen LogP contribution in [0.2, 0.25) is 0 Å². The highest BCUT2D eigenvalue weighted by atomic mass is 32.1. The largest absolute Gasteiger partial charge is 0.497 e. The lowest BCUT2D eigenvalue weighted by molar-refractivity contribution is 0.280. The van der Waals surface area contributed by atoms with E-state index >= 15 is 0 Å². The number of hydrogen-bond donors (Lipinski definition) is 2. The normalized spacial score (nSPS) is 19.9. The molecule has 0 unspecified atom stereocenters. The van der Waals surface area contributed by atoms with Crippen molar-refractivity contribution >= 4 is 27.4 Å². The molecular weight excluding hydrogens is 320 g/mol. The Bertz CT molecular complexity index is 840. The van der Waals surface area contributed by atoms with Gasteiger partial charge in [-0.25, -0.2) is 9.97 Å². The van der Waals surface area contributed by atoms with Gasteiger partial charge in [0.25, 0.3) is 0 Å². The number of benzene rings is 1. The molecule has 3 aromatic rings. The molecule has 2 heterocycles. The number of thiophene rings is 1. The molecule has 0 saturated heterocycles. The Labute approximate surface area is 144 Å². The van der Waals surface area contributed by atoms with Crippen molar-refractivity contribution in [3.8, 4) is 16.2 Å². The summed E-state index contributed by atoms with van der Waals surface area (Å²) in [6, 6.07) is 10.6. The maximum absolute atomic E-state index is 5.86. The lowest BCUT2D eigenvalue weighted by Gasteiger charge is -2.32. The molecule has 3 N–H and O–H groups in total. The molecule has 6 heteroatoms. The lowest BCUT2D eigenvalue weighted by atomic mass is 9.81. The smallest absolute Gasteiger partial charge is 0.147 e. The maximum atomic E-state index is 5.86. The summed E-state index contributed by atoms with van der Waals surface area (Å²) in [4.78, 5) is 10.0. The molecule has 1 aliphatic rings. The Morgan fingerprint density at radius 1 is 1.25 bits per heavy atom. The van der Waals surface area contributed by atoms with Crippen LogP contribution in [-0.2, 0) is 0 Å². The van der Waals surface area contributed by atoms with E-state index in [2.05, 4.69) is 33.5 Å². The predicted molar refractivity (Wildman–Crippen MR) is 98.6 cm³/mol. The highest BCUT2D eigenvalue weighted by Gasteiger charge is 2.25. The van der Waals surface area contributed by atoms with Crippen molar-refractivity contribution in [3.05, 3.63) is 36.7 Å². The summed E-state index contributed by atoms with van der Waals surface area (Å²) in [7, 11) is 1.68. The fourth-order valence-corrected chi connectivity index (χ4v) is 4.15. The molecule has 1 aromatic carbocycles. The third kappa shape index (κ3) is 2.95.